The number of benzene rings is 1. The molecular weight excluding hydrogens is 226 g/mol. The molecule has 0 radical (unpaired) electrons. The second kappa shape index (κ2) is 4.16. The van der Waals surface area contributed by atoms with Crippen molar-refractivity contribution in [1.82, 2.24) is 0 Å². The first-order valence-electron chi connectivity index (χ1n) is 6.78. The molecule has 2 atom stereocenters. The maximum atomic E-state index is 6.07. The van der Waals surface area contributed by atoms with Crippen LogP contribution in [0.1, 0.15) is 38.7 Å². The van der Waals surface area contributed by atoms with Gasteiger partial charge in [0.15, 0.2) is 11.5 Å². The Balaban J connectivity index is 1.84. The molecule has 0 aromatic heterocycles. The van der Waals surface area contributed by atoms with E-state index in [9.17, 15) is 0 Å². The summed E-state index contributed by atoms with van der Waals surface area (Å²) in [4.78, 5) is 0. The molecule has 0 bridgehead atoms. The molecule has 3 nitrogen and oxygen atoms in total. The van der Waals surface area contributed by atoms with Gasteiger partial charge >= 0.3 is 0 Å². The molecular formula is C15H21NO2. The van der Waals surface area contributed by atoms with Crippen LogP contribution in [-0.4, -0.2) is 17.7 Å². The quantitative estimate of drug-likeness (QED) is 0.873. The summed E-state index contributed by atoms with van der Waals surface area (Å²) in [6, 6.07) is 6.31. The summed E-state index contributed by atoms with van der Waals surface area (Å²) in [6.45, 7) is 4.22. The molecule has 1 aliphatic carbocycles. The van der Waals surface area contributed by atoms with Gasteiger partial charge in [-0.1, -0.05) is 12.1 Å². The lowest BCUT2D eigenvalue weighted by molar-refractivity contribution is 0.123. The van der Waals surface area contributed by atoms with E-state index in [1.807, 2.05) is 12.1 Å². The van der Waals surface area contributed by atoms with E-state index >= 15 is 0 Å². The van der Waals surface area contributed by atoms with Crippen LogP contribution in [0.3, 0.4) is 0 Å². The van der Waals surface area contributed by atoms with E-state index in [1.54, 1.807) is 0 Å². The highest BCUT2D eigenvalue weighted by Gasteiger charge is 2.34. The molecule has 3 rings (SSSR count). The normalized spacial score (nSPS) is 28.8. The van der Waals surface area contributed by atoms with Crippen LogP contribution in [0.4, 0.5) is 0 Å². The van der Waals surface area contributed by atoms with Gasteiger partial charge in [0.05, 0.1) is 0 Å². The van der Waals surface area contributed by atoms with E-state index in [-0.39, 0.29) is 17.7 Å². The van der Waals surface area contributed by atoms with Crippen LogP contribution in [-0.2, 0) is 6.42 Å². The molecule has 1 saturated carbocycles. The first kappa shape index (κ1) is 11.8. The van der Waals surface area contributed by atoms with Crippen LogP contribution in [0.15, 0.2) is 18.2 Å². The van der Waals surface area contributed by atoms with Gasteiger partial charge in [0, 0.05) is 18.0 Å². The molecule has 0 saturated heterocycles. The number of para-hydroxylation sites is 1. The zero-order valence-electron chi connectivity index (χ0n) is 11.1. The first-order chi connectivity index (χ1) is 8.55. The smallest absolute Gasteiger partial charge is 0.165 e. The van der Waals surface area contributed by atoms with Gasteiger partial charge in [0.25, 0.3) is 0 Å². The Morgan fingerprint density at radius 1 is 1.33 bits per heavy atom. The van der Waals surface area contributed by atoms with Gasteiger partial charge < -0.3 is 15.2 Å². The molecule has 2 aliphatic rings. The topological polar surface area (TPSA) is 44.5 Å². The Labute approximate surface area is 108 Å². The third kappa shape index (κ3) is 2.07. The minimum absolute atomic E-state index is 0.125. The zero-order chi connectivity index (χ0) is 12.8. The Kier molecular flexibility index (Phi) is 2.74. The van der Waals surface area contributed by atoms with Crippen LogP contribution in [0.25, 0.3) is 0 Å². The molecule has 0 amide bonds. The van der Waals surface area contributed by atoms with Crippen LogP contribution in [0.5, 0.6) is 11.5 Å². The van der Waals surface area contributed by atoms with Crippen LogP contribution >= 0.6 is 0 Å². The number of rotatable bonds is 2. The van der Waals surface area contributed by atoms with Gasteiger partial charge in [0.1, 0.15) is 11.7 Å². The van der Waals surface area contributed by atoms with Gasteiger partial charge in [-0.05, 0) is 39.2 Å². The molecule has 1 aliphatic heterocycles. The number of hydrogen-bond donors (Lipinski definition) is 1. The number of ether oxygens (including phenoxy) is 2. The molecule has 98 valence electrons. The molecule has 0 spiro atoms. The van der Waals surface area contributed by atoms with Gasteiger partial charge in [-0.3, -0.25) is 0 Å². The molecule has 1 aromatic carbocycles. The molecule has 1 fully saturated rings. The fourth-order valence-corrected chi connectivity index (χ4v) is 2.94. The summed E-state index contributed by atoms with van der Waals surface area (Å²) >= 11 is 0. The second-order valence-corrected chi connectivity index (χ2v) is 6.03. The van der Waals surface area contributed by atoms with Crippen molar-refractivity contribution in [2.75, 3.05) is 0 Å². The second-order valence-electron chi connectivity index (χ2n) is 6.03. The van der Waals surface area contributed by atoms with Crippen molar-refractivity contribution in [1.29, 1.82) is 0 Å². The average Bonchev–Trinajstić information content (AvgIpc) is 2.82. The maximum absolute atomic E-state index is 6.07. The number of fused-ring (bicyclic) bond motifs is 1. The highest BCUT2D eigenvalue weighted by Crippen LogP contribution is 2.42. The maximum Gasteiger partial charge on any atom is 0.165 e. The predicted molar refractivity (Wildman–Crippen MR) is 71.1 cm³/mol. The number of hydrogen-bond acceptors (Lipinski definition) is 3. The standard InChI is InChI=1S/C15H21NO2/c1-15(2)9-10-5-3-8-13(14(10)18-15)17-12-7-4-6-11(12)16/h3,5,8,11-12H,4,6-7,9,16H2,1-2H3. The van der Waals surface area contributed by atoms with Crippen molar-refractivity contribution < 1.29 is 9.47 Å². The van der Waals surface area contributed by atoms with E-state index < -0.39 is 0 Å². The highest BCUT2D eigenvalue weighted by atomic mass is 16.5. The Bertz CT molecular complexity index is 456. The van der Waals surface area contributed by atoms with E-state index in [1.165, 1.54) is 5.56 Å². The first-order valence-corrected chi connectivity index (χ1v) is 6.78. The molecule has 18 heavy (non-hydrogen) atoms. The lowest BCUT2D eigenvalue weighted by atomic mass is 10.0. The molecule has 2 N–H and O–H groups in total. The van der Waals surface area contributed by atoms with Crippen molar-refractivity contribution in [2.45, 2.75) is 57.3 Å². The van der Waals surface area contributed by atoms with Crippen molar-refractivity contribution in [3.8, 4) is 11.5 Å². The summed E-state index contributed by atoms with van der Waals surface area (Å²) in [6.07, 6.45) is 4.35. The van der Waals surface area contributed by atoms with Crippen molar-refractivity contribution >= 4 is 0 Å². The Morgan fingerprint density at radius 2 is 2.17 bits per heavy atom. The fourth-order valence-electron chi connectivity index (χ4n) is 2.94. The lowest BCUT2D eigenvalue weighted by Gasteiger charge is -2.21. The number of nitrogens with two attached hydrogens (primary N) is 1. The van der Waals surface area contributed by atoms with Gasteiger partial charge in [0.2, 0.25) is 0 Å². The third-order valence-corrected chi connectivity index (χ3v) is 3.84. The SMILES string of the molecule is CC1(C)Cc2cccc(OC3CCCC3N)c2O1. The molecule has 1 heterocycles. The molecule has 1 aromatic rings. The summed E-state index contributed by atoms with van der Waals surface area (Å²) < 4.78 is 12.1. The van der Waals surface area contributed by atoms with Crippen molar-refractivity contribution in [2.24, 2.45) is 5.73 Å². The fraction of sp³-hybridized carbons (Fsp3) is 0.600. The largest absolute Gasteiger partial charge is 0.485 e. The minimum atomic E-state index is -0.125. The monoisotopic (exact) mass is 247 g/mol. The van der Waals surface area contributed by atoms with Crippen LogP contribution in [0, 0.1) is 0 Å². The van der Waals surface area contributed by atoms with Crippen molar-refractivity contribution in [3.05, 3.63) is 23.8 Å². The van der Waals surface area contributed by atoms with Crippen molar-refractivity contribution in [3.63, 3.8) is 0 Å². The summed E-state index contributed by atoms with van der Waals surface area (Å²) in [5.74, 6) is 1.78. The summed E-state index contributed by atoms with van der Waals surface area (Å²) in [5, 5.41) is 0. The van der Waals surface area contributed by atoms with Crippen LogP contribution < -0.4 is 15.2 Å². The summed E-state index contributed by atoms with van der Waals surface area (Å²) in [5.41, 5.74) is 7.17. The van der Waals surface area contributed by atoms with Gasteiger partial charge in [-0.25, -0.2) is 0 Å². The highest BCUT2D eigenvalue weighted by molar-refractivity contribution is 5.50. The lowest BCUT2D eigenvalue weighted by Crippen LogP contribution is -2.33. The van der Waals surface area contributed by atoms with E-state index in [0.717, 1.165) is 37.2 Å². The zero-order valence-corrected chi connectivity index (χ0v) is 11.1. The Hall–Kier alpha value is -1.22. The van der Waals surface area contributed by atoms with Gasteiger partial charge in [-0.15, -0.1) is 0 Å². The third-order valence-electron chi connectivity index (χ3n) is 3.84. The van der Waals surface area contributed by atoms with E-state index in [2.05, 4.69) is 19.9 Å². The predicted octanol–water partition coefficient (Wildman–Crippen LogP) is 2.66. The van der Waals surface area contributed by atoms with E-state index in [0.29, 0.717) is 0 Å². The average molecular weight is 247 g/mol. The minimum Gasteiger partial charge on any atom is -0.485 e. The van der Waals surface area contributed by atoms with Gasteiger partial charge in [-0.2, -0.15) is 0 Å². The summed E-state index contributed by atoms with van der Waals surface area (Å²) in [7, 11) is 0. The van der Waals surface area contributed by atoms with E-state index in [4.69, 9.17) is 15.2 Å². The molecule has 3 heteroatoms. The molecule has 2 unspecified atom stereocenters. The Morgan fingerprint density at radius 3 is 2.89 bits per heavy atom. The van der Waals surface area contributed by atoms with Crippen LogP contribution in [0.2, 0.25) is 0 Å².